The van der Waals surface area contributed by atoms with Gasteiger partial charge >= 0.3 is 0 Å². The highest BCUT2D eigenvalue weighted by Gasteiger charge is 2.21. The molecule has 3 aromatic rings. The fourth-order valence-corrected chi connectivity index (χ4v) is 3.19. The first kappa shape index (κ1) is 13.9. The van der Waals surface area contributed by atoms with E-state index in [9.17, 15) is 4.79 Å². The van der Waals surface area contributed by atoms with Crippen LogP contribution < -0.4 is 0 Å². The van der Waals surface area contributed by atoms with Gasteiger partial charge in [0, 0.05) is 33.6 Å². The summed E-state index contributed by atoms with van der Waals surface area (Å²) < 4.78 is 0. The van der Waals surface area contributed by atoms with E-state index < -0.39 is 0 Å². The summed E-state index contributed by atoms with van der Waals surface area (Å²) in [5.74, 6) is 0.0867. The summed E-state index contributed by atoms with van der Waals surface area (Å²) in [6, 6.07) is 12.0. The summed E-state index contributed by atoms with van der Waals surface area (Å²) in [7, 11) is 0. The fourth-order valence-electron chi connectivity index (χ4n) is 2.49. The molecule has 0 bridgehead atoms. The predicted octanol–water partition coefficient (Wildman–Crippen LogP) is 4.28. The Labute approximate surface area is 128 Å². The SMILES string of the molecule is CC(C)N(Cc1cccs1)C(=O)c1cccc2[nH]ccc12. The third-order valence-electron chi connectivity index (χ3n) is 3.62. The Balaban J connectivity index is 1.95. The van der Waals surface area contributed by atoms with Gasteiger partial charge in [0.05, 0.1) is 6.54 Å². The minimum absolute atomic E-state index is 0.0867. The number of hydrogen-bond donors (Lipinski definition) is 1. The first-order chi connectivity index (χ1) is 10.2. The lowest BCUT2D eigenvalue weighted by Crippen LogP contribution is -2.36. The van der Waals surface area contributed by atoms with Crippen LogP contribution in [0.2, 0.25) is 0 Å². The Morgan fingerprint density at radius 1 is 1.24 bits per heavy atom. The number of thiophene rings is 1. The van der Waals surface area contributed by atoms with E-state index in [0.29, 0.717) is 6.54 Å². The van der Waals surface area contributed by atoms with Crippen LogP contribution in [0, 0.1) is 0 Å². The topological polar surface area (TPSA) is 36.1 Å². The Kier molecular flexibility index (Phi) is 3.80. The standard InChI is InChI=1S/C17H18N2OS/c1-12(2)19(11-13-5-4-10-21-13)17(20)15-6-3-7-16-14(15)8-9-18-16/h3-10,12,18H,11H2,1-2H3. The summed E-state index contributed by atoms with van der Waals surface area (Å²) >= 11 is 1.69. The lowest BCUT2D eigenvalue weighted by molar-refractivity contribution is 0.0694. The lowest BCUT2D eigenvalue weighted by Gasteiger charge is -2.26. The number of benzene rings is 1. The van der Waals surface area contributed by atoms with E-state index in [0.717, 1.165) is 16.5 Å². The first-order valence-corrected chi connectivity index (χ1v) is 7.94. The molecule has 4 heteroatoms. The zero-order valence-electron chi connectivity index (χ0n) is 12.2. The summed E-state index contributed by atoms with van der Waals surface area (Å²) in [6.07, 6.45) is 1.88. The molecule has 3 rings (SSSR count). The second-order valence-electron chi connectivity index (χ2n) is 5.35. The van der Waals surface area contributed by atoms with Gasteiger partial charge in [-0.15, -0.1) is 11.3 Å². The van der Waals surface area contributed by atoms with Crippen molar-refractivity contribution in [3.63, 3.8) is 0 Å². The average Bonchev–Trinajstić information content (AvgIpc) is 3.14. The molecule has 1 N–H and O–H groups in total. The van der Waals surface area contributed by atoms with Crippen molar-refractivity contribution in [3.05, 3.63) is 58.4 Å². The van der Waals surface area contributed by atoms with Crippen LogP contribution in [0.1, 0.15) is 29.1 Å². The first-order valence-electron chi connectivity index (χ1n) is 7.06. The van der Waals surface area contributed by atoms with Gasteiger partial charge in [-0.1, -0.05) is 12.1 Å². The van der Waals surface area contributed by atoms with Gasteiger partial charge in [0.25, 0.3) is 5.91 Å². The number of rotatable bonds is 4. The van der Waals surface area contributed by atoms with Gasteiger partial charge < -0.3 is 9.88 Å². The maximum absolute atomic E-state index is 12.9. The molecule has 0 aliphatic carbocycles. The van der Waals surface area contributed by atoms with Gasteiger partial charge in [0.2, 0.25) is 0 Å². The lowest BCUT2D eigenvalue weighted by atomic mass is 10.1. The average molecular weight is 298 g/mol. The van der Waals surface area contributed by atoms with E-state index in [1.165, 1.54) is 4.88 Å². The quantitative estimate of drug-likeness (QED) is 0.766. The molecule has 108 valence electrons. The molecule has 0 aliphatic rings. The molecule has 0 atom stereocenters. The van der Waals surface area contributed by atoms with Crippen LogP contribution in [0.4, 0.5) is 0 Å². The molecular formula is C17H18N2OS. The Morgan fingerprint density at radius 2 is 2.10 bits per heavy atom. The van der Waals surface area contributed by atoms with Crippen LogP contribution in [-0.4, -0.2) is 21.8 Å². The van der Waals surface area contributed by atoms with Crippen molar-refractivity contribution in [2.24, 2.45) is 0 Å². The van der Waals surface area contributed by atoms with Crippen LogP contribution in [0.15, 0.2) is 48.0 Å². The van der Waals surface area contributed by atoms with Crippen LogP contribution in [0.25, 0.3) is 10.9 Å². The molecule has 0 fully saturated rings. The van der Waals surface area contributed by atoms with Crippen molar-refractivity contribution in [2.75, 3.05) is 0 Å². The highest BCUT2D eigenvalue weighted by molar-refractivity contribution is 7.09. The van der Waals surface area contributed by atoms with Crippen LogP contribution in [0.3, 0.4) is 0 Å². The fraction of sp³-hybridized carbons (Fsp3) is 0.235. The number of nitrogens with zero attached hydrogens (tertiary/aromatic N) is 1. The summed E-state index contributed by atoms with van der Waals surface area (Å²) in [5.41, 5.74) is 1.76. The number of carbonyl (C=O) groups excluding carboxylic acids is 1. The Morgan fingerprint density at radius 3 is 2.81 bits per heavy atom. The van der Waals surface area contributed by atoms with Gasteiger partial charge in [-0.05, 0) is 43.5 Å². The third kappa shape index (κ3) is 2.72. The van der Waals surface area contributed by atoms with E-state index in [1.807, 2.05) is 46.8 Å². The van der Waals surface area contributed by atoms with Crippen molar-refractivity contribution in [1.82, 2.24) is 9.88 Å². The minimum atomic E-state index is 0.0867. The van der Waals surface area contributed by atoms with Gasteiger partial charge in [0.15, 0.2) is 0 Å². The summed E-state index contributed by atoms with van der Waals surface area (Å²) in [4.78, 5) is 19.2. The van der Waals surface area contributed by atoms with Crippen molar-refractivity contribution >= 4 is 28.1 Å². The molecule has 0 saturated heterocycles. The molecule has 21 heavy (non-hydrogen) atoms. The van der Waals surface area contributed by atoms with Gasteiger partial charge in [-0.3, -0.25) is 4.79 Å². The molecule has 2 aromatic heterocycles. The van der Waals surface area contributed by atoms with E-state index in [2.05, 4.69) is 24.9 Å². The summed E-state index contributed by atoms with van der Waals surface area (Å²) in [5, 5.41) is 3.03. The number of H-pyrrole nitrogens is 1. The van der Waals surface area contributed by atoms with E-state index in [1.54, 1.807) is 11.3 Å². The van der Waals surface area contributed by atoms with Crippen molar-refractivity contribution in [1.29, 1.82) is 0 Å². The number of carbonyl (C=O) groups is 1. The summed E-state index contributed by atoms with van der Waals surface area (Å²) in [6.45, 7) is 4.78. The highest BCUT2D eigenvalue weighted by atomic mass is 32.1. The maximum atomic E-state index is 12.9. The number of hydrogen-bond acceptors (Lipinski definition) is 2. The number of fused-ring (bicyclic) bond motifs is 1. The number of amides is 1. The zero-order chi connectivity index (χ0) is 14.8. The van der Waals surface area contributed by atoms with Crippen molar-refractivity contribution in [3.8, 4) is 0 Å². The molecule has 3 nitrogen and oxygen atoms in total. The van der Waals surface area contributed by atoms with Crippen molar-refractivity contribution in [2.45, 2.75) is 26.4 Å². The second kappa shape index (κ2) is 5.74. The Hall–Kier alpha value is -2.07. The van der Waals surface area contributed by atoms with E-state index in [-0.39, 0.29) is 11.9 Å². The smallest absolute Gasteiger partial charge is 0.255 e. The monoisotopic (exact) mass is 298 g/mol. The third-order valence-corrected chi connectivity index (χ3v) is 4.48. The Bertz CT molecular complexity index is 743. The molecule has 1 amide bonds. The molecule has 0 aliphatic heterocycles. The van der Waals surface area contributed by atoms with E-state index >= 15 is 0 Å². The van der Waals surface area contributed by atoms with Crippen molar-refractivity contribution < 1.29 is 4.79 Å². The largest absolute Gasteiger partial charge is 0.361 e. The second-order valence-corrected chi connectivity index (χ2v) is 6.38. The van der Waals surface area contributed by atoms with E-state index in [4.69, 9.17) is 0 Å². The number of nitrogens with one attached hydrogen (secondary N) is 1. The molecular weight excluding hydrogens is 280 g/mol. The zero-order valence-corrected chi connectivity index (χ0v) is 13.0. The van der Waals surface area contributed by atoms with Gasteiger partial charge in [-0.25, -0.2) is 0 Å². The van der Waals surface area contributed by atoms with Gasteiger partial charge in [-0.2, -0.15) is 0 Å². The number of aromatic amines is 1. The minimum Gasteiger partial charge on any atom is -0.361 e. The van der Waals surface area contributed by atoms with Gasteiger partial charge in [0.1, 0.15) is 0 Å². The van der Waals surface area contributed by atoms with Crippen LogP contribution in [-0.2, 0) is 6.54 Å². The predicted molar refractivity (Wildman–Crippen MR) is 87.6 cm³/mol. The molecule has 2 heterocycles. The molecule has 0 unspecified atom stereocenters. The highest BCUT2D eigenvalue weighted by Crippen LogP contribution is 2.22. The normalized spacial score (nSPS) is 11.2. The van der Waals surface area contributed by atoms with Crippen LogP contribution in [0.5, 0.6) is 0 Å². The maximum Gasteiger partial charge on any atom is 0.255 e. The molecule has 0 spiro atoms. The molecule has 1 aromatic carbocycles. The molecule has 0 saturated carbocycles. The molecule has 0 radical (unpaired) electrons. The van der Waals surface area contributed by atoms with Crippen LogP contribution >= 0.6 is 11.3 Å². The number of aromatic nitrogens is 1.